The Labute approximate surface area is 236 Å². The number of thiazole rings is 1. The predicted molar refractivity (Wildman–Crippen MR) is 152 cm³/mol. The van der Waals surface area contributed by atoms with E-state index in [-0.39, 0.29) is 11.4 Å². The fraction of sp³-hybridized carbons (Fsp3) is 0.407. The van der Waals surface area contributed by atoms with E-state index in [4.69, 9.17) is 9.47 Å². The molecule has 40 heavy (non-hydrogen) atoms. The van der Waals surface area contributed by atoms with Gasteiger partial charge in [-0.1, -0.05) is 29.5 Å². The van der Waals surface area contributed by atoms with Gasteiger partial charge in [-0.15, -0.1) is 0 Å². The number of ether oxygens (including phenoxy) is 2. The molecule has 4 rings (SSSR count). The quantitative estimate of drug-likeness (QED) is 0.328. The van der Waals surface area contributed by atoms with Gasteiger partial charge in [-0.25, -0.2) is 13.2 Å². The molecule has 11 nitrogen and oxygen atoms in total. The smallest absolute Gasteiger partial charge is 0.338 e. The van der Waals surface area contributed by atoms with Crippen molar-refractivity contribution in [1.82, 2.24) is 9.47 Å². The Kier molecular flexibility index (Phi) is 9.71. The highest BCUT2D eigenvalue weighted by Crippen LogP contribution is 2.20. The fourth-order valence-corrected chi connectivity index (χ4v) is 6.62. The molecule has 1 aliphatic heterocycles. The number of hydrogen-bond acceptors (Lipinski definition) is 9. The maximum atomic E-state index is 12.8. The summed E-state index contributed by atoms with van der Waals surface area (Å²) in [5.41, 5.74) is 2.13. The number of piperazine rings is 1. The molecule has 0 atom stereocenters. The summed E-state index contributed by atoms with van der Waals surface area (Å²) >= 11 is 1.15. The van der Waals surface area contributed by atoms with Crippen LogP contribution in [0.25, 0.3) is 10.2 Å². The molecule has 3 aromatic rings. The molecule has 0 radical (unpaired) electrons. The Morgan fingerprint density at radius 3 is 2.40 bits per heavy atom. The number of aromatic nitrogens is 1. The first kappa shape index (κ1) is 29.4. The van der Waals surface area contributed by atoms with Crippen LogP contribution >= 0.6 is 11.3 Å². The van der Waals surface area contributed by atoms with Gasteiger partial charge in [0.2, 0.25) is 5.91 Å². The molecule has 2 aromatic carbocycles. The van der Waals surface area contributed by atoms with Crippen LogP contribution in [0, 0.1) is 0 Å². The molecule has 2 amide bonds. The highest BCUT2D eigenvalue weighted by atomic mass is 32.2. The minimum Gasteiger partial charge on any atom is -0.462 e. The van der Waals surface area contributed by atoms with E-state index in [1.165, 1.54) is 4.90 Å². The van der Waals surface area contributed by atoms with Gasteiger partial charge in [0.05, 0.1) is 29.0 Å². The maximum absolute atomic E-state index is 12.8. The molecule has 214 valence electrons. The molecule has 1 aliphatic rings. The van der Waals surface area contributed by atoms with Crippen LogP contribution in [0.2, 0.25) is 0 Å². The van der Waals surface area contributed by atoms with Crippen LogP contribution in [0.3, 0.4) is 0 Å². The number of nitrogens with zero attached hydrogens (tertiary/aromatic N) is 4. The van der Waals surface area contributed by atoms with Crippen molar-refractivity contribution >= 4 is 54.9 Å². The van der Waals surface area contributed by atoms with E-state index in [2.05, 4.69) is 9.89 Å². The highest BCUT2D eigenvalue weighted by Gasteiger charge is 2.27. The van der Waals surface area contributed by atoms with Crippen molar-refractivity contribution in [3.63, 3.8) is 0 Å². The number of amides is 2. The zero-order chi connectivity index (χ0) is 28.7. The van der Waals surface area contributed by atoms with E-state index < -0.39 is 39.1 Å². The number of rotatable bonds is 10. The lowest BCUT2D eigenvalue weighted by Gasteiger charge is -2.36. The Morgan fingerprint density at radius 1 is 1.00 bits per heavy atom. The van der Waals surface area contributed by atoms with E-state index >= 15 is 0 Å². The topological polar surface area (TPSA) is 128 Å². The second-order valence-electron chi connectivity index (χ2n) is 9.17. The second kappa shape index (κ2) is 13.2. The molecule has 0 spiro atoms. The van der Waals surface area contributed by atoms with Crippen molar-refractivity contribution in [3.8, 4) is 0 Å². The molecule has 0 bridgehead atoms. The van der Waals surface area contributed by atoms with Gasteiger partial charge in [-0.05, 0) is 37.3 Å². The number of carbonyl (C=O) groups excluding carboxylic acids is 3. The largest absolute Gasteiger partial charge is 0.462 e. The van der Waals surface area contributed by atoms with Crippen molar-refractivity contribution in [3.05, 3.63) is 58.9 Å². The average Bonchev–Trinajstić information content (AvgIpc) is 3.27. The molecular weight excluding hydrogens is 556 g/mol. The van der Waals surface area contributed by atoms with Crippen LogP contribution in [-0.2, 0) is 35.4 Å². The van der Waals surface area contributed by atoms with Crippen LogP contribution in [0.1, 0.15) is 17.3 Å². The molecule has 0 aliphatic carbocycles. The van der Waals surface area contributed by atoms with Crippen molar-refractivity contribution < 1.29 is 32.3 Å². The number of para-hydroxylation sites is 1. The number of carbonyl (C=O) groups is 3. The lowest BCUT2D eigenvalue weighted by Crippen LogP contribution is -2.50. The zero-order valence-electron chi connectivity index (χ0n) is 22.4. The minimum atomic E-state index is -4.04. The zero-order valence-corrected chi connectivity index (χ0v) is 24.1. The van der Waals surface area contributed by atoms with Gasteiger partial charge in [0.25, 0.3) is 5.91 Å². The maximum Gasteiger partial charge on any atom is 0.338 e. The number of hydrogen-bond donors (Lipinski definition) is 0. The van der Waals surface area contributed by atoms with E-state index in [1.54, 1.807) is 36.8 Å². The second-order valence-corrected chi connectivity index (χ2v) is 12.2. The molecule has 0 saturated carbocycles. The minimum absolute atomic E-state index is 0.241. The summed E-state index contributed by atoms with van der Waals surface area (Å²) < 4.78 is 38.2. The van der Waals surface area contributed by atoms with Crippen molar-refractivity contribution in [2.75, 3.05) is 62.9 Å². The highest BCUT2D eigenvalue weighted by molar-refractivity contribution is 7.92. The van der Waals surface area contributed by atoms with E-state index in [1.807, 2.05) is 30.3 Å². The molecule has 0 N–H and O–H groups in total. The van der Waals surface area contributed by atoms with Crippen LogP contribution in [0.15, 0.2) is 53.5 Å². The van der Waals surface area contributed by atoms with Crippen molar-refractivity contribution in [1.29, 1.82) is 0 Å². The van der Waals surface area contributed by atoms with Gasteiger partial charge in [0.15, 0.2) is 14.6 Å². The van der Waals surface area contributed by atoms with E-state index in [0.29, 0.717) is 55.1 Å². The van der Waals surface area contributed by atoms with Gasteiger partial charge in [-0.3, -0.25) is 9.59 Å². The third-order valence-electron chi connectivity index (χ3n) is 6.37. The van der Waals surface area contributed by atoms with Crippen LogP contribution in [0.4, 0.5) is 5.69 Å². The number of anilines is 1. The van der Waals surface area contributed by atoms with Crippen LogP contribution < -0.4 is 9.70 Å². The Morgan fingerprint density at radius 2 is 1.73 bits per heavy atom. The molecule has 1 aromatic heterocycles. The first-order valence-corrected chi connectivity index (χ1v) is 15.5. The third-order valence-corrected chi connectivity index (χ3v) is 8.79. The number of sulfone groups is 1. The summed E-state index contributed by atoms with van der Waals surface area (Å²) in [6.45, 7) is 4.64. The first-order chi connectivity index (χ1) is 19.2. The fourth-order valence-electron chi connectivity index (χ4n) is 4.41. The lowest BCUT2D eigenvalue weighted by molar-refractivity contribution is -0.128. The summed E-state index contributed by atoms with van der Waals surface area (Å²) in [7, 11) is -2.50. The van der Waals surface area contributed by atoms with Gasteiger partial charge in [0, 0.05) is 45.5 Å². The standard InChI is InChI=1S/C27H32N4O7S2/c1-3-38-26(34)20-9-10-22-23(17-20)39-27(31(22)15-16-37-2)28-24(32)18-40(35,36)19-25(33)30-13-11-29(12-14-30)21-7-5-4-6-8-21/h4-10,17H,3,11-16,18-19H2,1-2H3. The Hall–Kier alpha value is -3.55. The molecule has 1 saturated heterocycles. The van der Waals surface area contributed by atoms with Crippen molar-refractivity contribution in [2.24, 2.45) is 4.99 Å². The monoisotopic (exact) mass is 588 g/mol. The van der Waals surface area contributed by atoms with Crippen LogP contribution in [0.5, 0.6) is 0 Å². The first-order valence-electron chi connectivity index (χ1n) is 12.9. The lowest BCUT2D eigenvalue weighted by atomic mass is 10.2. The summed E-state index contributed by atoms with van der Waals surface area (Å²) in [4.78, 5) is 45.7. The van der Waals surface area contributed by atoms with E-state index in [9.17, 15) is 22.8 Å². The van der Waals surface area contributed by atoms with E-state index in [0.717, 1.165) is 17.0 Å². The number of esters is 1. The van der Waals surface area contributed by atoms with Gasteiger partial charge >= 0.3 is 5.97 Å². The normalized spacial score (nSPS) is 14.5. The molecule has 2 heterocycles. The summed E-state index contributed by atoms with van der Waals surface area (Å²) in [5.74, 6) is -3.49. The number of methoxy groups -OCH3 is 1. The average molecular weight is 589 g/mol. The molecule has 0 unspecified atom stereocenters. The summed E-state index contributed by atoms with van der Waals surface area (Å²) in [5, 5.41) is 0. The van der Waals surface area contributed by atoms with Gasteiger partial charge < -0.3 is 23.8 Å². The molecular formula is C27H32N4O7S2. The van der Waals surface area contributed by atoms with Crippen molar-refractivity contribution in [2.45, 2.75) is 13.5 Å². The predicted octanol–water partition coefficient (Wildman–Crippen LogP) is 1.72. The Balaban J connectivity index is 1.44. The number of fused-ring (bicyclic) bond motifs is 1. The molecule has 13 heteroatoms. The summed E-state index contributed by atoms with van der Waals surface area (Å²) in [6, 6.07) is 14.8. The molecule has 1 fully saturated rings. The summed E-state index contributed by atoms with van der Waals surface area (Å²) in [6.07, 6.45) is 0. The van der Waals surface area contributed by atoms with Gasteiger partial charge in [0.1, 0.15) is 11.5 Å². The van der Waals surface area contributed by atoms with Crippen LogP contribution in [-0.4, -0.2) is 93.7 Å². The van der Waals surface area contributed by atoms with Gasteiger partial charge in [-0.2, -0.15) is 4.99 Å². The number of benzene rings is 2. The third kappa shape index (κ3) is 7.34. The SMILES string of the molecule is CCOC(=O)c1ccc2c(c1)sc(=NC(=O)CS(=O)(=O)CC(=O)N1CCN(c3ccccc3)CC1)n2CCOC. The Bertz CT molecular complexity index is 1540.